The number of ether oxygens (including phenoxy) is 1. The molecule has 0 atom stereocenters. The van der Waals surface area contributed by atoms with Crippen molar-refractivity contribution in [3.05, 3.63) is 23.4 Å². The van der Waals surface area contributed by atoms with Gasteiger partial charge in [0.2, 0.25) is 0 Å². The number of aryl methyl sites for hydroxylation is 1. The van der Waals surface area contributed by atoms with Crippen LogP contribution in [0.5, 0.6) is 0 Å². The molecule has 0 unspecified atom stereocenters. The number of rotatable bonds is 8. The van der Waals surface area contributed by atoms with Gasteiger partial charge in [0.05, 0.1) is 6.61 Å². The first kappa shape index (κ1) is 15.9. The van der Waals surface area contributed by atoms with Crippen LogP contribution in [-0.4, -0.2) is 37.8 Å². The van der Waals surface area contributed by atoms with Gasteiger partial charge in [-0.2, -0.15) is 0 Å². The van der Waals surface area contributed by atoms with E-state index in [2.05, 4.69) is 49.1 Å². The summed E-state index contributed by atoms with van der Waals surface area (Å²) in [5.74, 6) is 1.04. The van der Waals surface area contributed by atoms with E-state index >= 15 is 0 Å². The summed E-state index contributed by atoms with van der Waals surface area (Å²) in [4.78, 5) is 6.71. The van der Waals surface area contributed by atoms with Crippen LogP contribution in [0, 0.1) is 6.92 Å². The van der Waals surface area contributed by atoms with Gasteiger partial charge < -0.3 is 15.0 Å². The lowest BCUT2D eigenvalue weighted by Crippen LogP contribution is -2.25. The molecule has 0 fully saturated rings. The van der Waals surface area contributed by atoms with E-state index in [1.165, 1.54) is 11.1 Å². The molecule has 0 spiro atoms. The normalized spacial score (nSPS) is 11.1. The number of hydrogen-bond acceptors (Lipinski definition) is 4. The lowest BCUT2D eigenvalue weighted by Gasteiger charge is -2.20. The standard InChI is InChI=1S/C15H27N3O/c1-6-19-8-7-18(5)15-13(4)9-14(11-17-15)10-16-12(2)3/h9,11-12,16H,6-8,10H2,1-5H3. The zero-order valence-electron chi connectivity index (χ0n) is 12.9. The van der Waals surface area contributed by atoms with E-state index in [1.807, 2.05) is 13.1 Å². The van der Waals surface area contributed by atoms with Crippen LogP contribution < -0.4 is 10.2 Å². The van der Waals surface area contributed by atoms with E-state index < -0.39 is 0 Å². The van der Waals surface area contributed by atoms with Crippen LogP contribution in [0.15, 0.2) is 12.3 Å². The van der Waals surface area contributed by atoms with Crippen molar-refractivity contribution < 1.29 is 4.74 Å². The fraction of sp³-hybridized carbons (Fsp3) is 0.667. The average Bonchev–Trinajstić information content (AvgIpc) is 2.36. The van der Waals surface area contributed by atoms with Gasteiger partial charge >= 0.3 is 0 Å². The van der Waals surface area contributed by atoms with Crippen LogP contribution in [-0.2, 0) is 11.3 Å². The molecule has 0 aromatic carbocycles. The fourth-order valence-corrected chi connectivity index (χ4v) is 1.90. The Bertz CT molecular complexity index is 380. The first-order chi connectivity index (χ1) is 9.04. The number of nitrogens with one attached hydrogen (secondary N) is 1. The Morgan fingerprint density at radius 3 is 2.74 bits per heavy atom. The van der Waals surface area contributed by atoms with Gasteiger partial charge in [-0.25, -0.2) is 4.98 Å². The number of likely N-dealkylation sites (N-methyl/N-ethyl adjacent to an activating group) is 1. The van der Waals surface area contributed by atoms with E-state index in [9.17, 15) is 0 Å². The van der Waals surface area contributed by atoms with Gasteiger partial charge in [-0.3, -0.25) is 0 Å². The second kappa shape index (κ2) is 8.12. The first-order valence-corrected chi connectivity index (χ1v) is 7.02. The Labute approximate surface area is 117 Å². The van der Waals surface area contributed by atoms with Crippen LogP contribution >= 0.6 is 0 Å². The number of aromatic nitrogens is 1. The SMILES string of the molecule is CCOCCN(C)c1ncc(CNC(C)C)cc1C. The summed E-state index contributed by atoms with van der Waals surface area (Å²) in [6, 6.07) is 2.70. The van der Waals surface area contributed by atoms with E-state index in [0.29, 0.717) is 6.04 Å². The van der Waals surface area contributed by atoms with Gasteiger partial charge in [-0.05, 0) is 31.0 Å². The van der Waals surface area contributed by atoms with Crippen LogP contribution in [0.2, 0.25) is 0 Å². The molecule has 0 saturated heterocycles. The molecule has 0 aliphatic rings. The Kier molecular flexibility index (Phi) is 6.81. The molecular weight excluding hydrogens is 238 g/mol. The second-order valence-corrected chi connectivity index (χ2v) is 5.14. The van der Waals surface area contributed by atoms with Gasteiger partial charge in [0, 0.05) is 39.0 Å². The monoisotopic (exact) mass is 265 g/mol. The molecular formula is C15H27N3O. The predicted octanol–water partition coefficient (Wildman–Crippen LogP) is 2.36. The zero-order valence-corrected chi connectivity index (χ0v) is 12.9. The van der Waals surface area contributed by atoms with E-state index in [1.54, 1.807) is 0 Å². The highest BCUT2D eigenvalue weighted by Crippen LogP contribution is 2.16. The summed E-state index contributed by atoms with van der Waals surface area (Å²) in [6.45, 7) is 11.7. The van der Waals surface area contributed by atoms with Crippen molar-refractivity contribution in [2.45, 2.75) is 40.3 Å². The quantitative estimate of drug-likeness (QED) is 0.732. The maximum absolute atomic E-state index is 5.37. The van der Waals surface area contributed by atoms with Crippen LogP contribution in [0.1, 0.15) is 31.9 Å². The van der Waals surface area contributed by atoms with Gasteiger partial charge in [-0.1, -0.05) is 13.8 Å². The molecule has 1 N–H and O–H groups in total. The minimum atomic E-state index is 0.494. The first-order valence-electron chi connectivity index (χ1n) is 7.02. The van der Waals surface area contributed by atoms with E-state index in [0.717, 1.165) is 32.1 Å². The van der Waals surface area contributed by atoms with Gasteiger partial charge in [0.25, 0.3) is 0 Å². The van der Waals surface area contributed by atoms with Crippen molar-refractivity contribution in [2.24, 2.45) is 0 Å². The molecule has 4 nitrogen and oxygen atoms in total. The average molecular weight is 265 g/mol. The number of nitrogens with zero attached hydrogens (tertiary/aromatic N) is 2. The maximum atomic E-state index is 5.37. The minimum Gasteiger partial charge on any atom is -0.380 e. The van der Waals surface area contributed by atoms with Gasteiger partial charge in [-0.15, -0.1) is 0 Å². The molecule has 0 radical (unpaired) electrons. The smallest absolute Gasteiger partial charge is 0.131 e. The fourth-order valence-electron chi connectivity index (χ4n) is 1.90. The summed E-state index contributed by atoms with van der Waals surface area (Å²) in [6.07, 6.45) is 1.95. The molecule has 0 saturated carbocycles. The van der Waals surface area contributed by atoms with E-state index in [4.69, 9.17) is 4.74 Å². The molecule has 0 amide bonds. The highest BCUT2D eigenvalue weighted by atomic mass is 16.5. The molecule has 4 heteroatoms. The Balaban J connectivity index is 2.60. The molecule has 0 aliphatic heterocycles. The molecule has 19 heavy (non-hydrogen) atoms. The third kappa shape index (κ3) is 5.57. The molecule has 1 aromatic rings. The van der Waals surface area contributed by atoms with Gasteiger partial charge in [0.1, 0.15) is 5.82 Å². The third-order valence-corrected chi connectivity index (χ3v) is 2.96. The predicted molar refractivity (Wildman–Crippen MR) is 80.7 cm³/mol. The lowest BCUT2D eigenvalue weighted by molar-refractivity contribution is 0.154. The zero-order chi connectivity index (χ0) is 14.3. The maximum Gasteiger partial charge on any atom is 0.131 e. The highest BCUT2D eigenvalue weighted by molar-refractivity contribution is 5.46. The van der Waals surface area contributed by atoms with Crippen molar-refractivity contribution in [2.75, 3.05) is 31.7 Å². The number of anilines is 1. The molecule has 0 aliphatic carbocycles. The van der Waals surface area contributed by atoms with Crippen molar-refractivity contribution in [1.29, 1.82) is 0 Å². The van der Waals surface area contributed by atoms with Crippen molar-refractivity contribution >= 4 is 5.82 Å². The minimum absolute atomic E-state index is 0.494. The van der Waals surface area contributed by atoms with Crippen molar-refractivity contribution in [3.63, 3.8) is 0 Å². The van der Waals surface area contributed by atoms with Crippen LogP contribution in [0.25, 0.3) is 0 Å². The summed E-state index contributed by atoms with van der Waals surface area (Å²) >= 11 is 0. The Hall–Kier alpha value is -1.13. The largest absolute Gasteiger partial charge is 0.380 e. The second-order valence-electron chi connectivity index (χ2n) is 5.14. The molecule has 1 aromatic heterocycles. The van der Waals surface area contributed by atoms with Gasteiger partial charge in [0.15, 0.2) is 0 Å². The summed E-state index contributed by atoms with van der Waals surface area (Å²) in [5, 5.41) is 3.41. The number of pyridine rings is 1. The third-order valence-electron chi connectivity index (χ3n) is 2.96. The summed E-state index contributed by atoms with van der Waals surface area (Å²) in [5.41, 5.74) is 2.44. The van der Waals surface area contributed by atoms with Crippen molar-refractivity contribution in [1.82, 2.24) is 10.3 Å². The summed E-state index contributed by atoms with van der Waals surface area (Å²) < 4.78 is 5.37. The molecule has 108 valence electrons. The lowest BCUT2D eigenvalue weighted by atomic mass is 10.2. The Morgan fingerprint density at radius 1 is 1.42 bits per heavy atom. The highest BCUT2D eigenvalue weighted by Gasteiger charge is 2.07. The number of hydrogen-bond donors (Lipinski definition) is 1. The molecule has 1 heterocycles. The van der Waals surface area contributed by atoms with E-state index in [-0.39, 0.29) is 0 Å². The summed E-state index contributed by atoms with van der Waals surface area (Å²) in [7, 11) is 2.06. The molecule has 0 bridgehead atoms. The van der Waals surface area contributed by atoms with Crippen LogP contribution in [0.4, 0.5) is 5.82 Å². The van der Waals surface area contributed by atoms with Crippen LogP contribution in [0.3, 0.4) is 0 Å². The Morgan fingerprint density at radius 2 is 2.16 bits per heavy atom. The topological polar surface area (TPSA) is 37.4 Å². The van der Waals surface area contributed by atoms with Crippen molar-refractivity contribution in [3.8, 4) is 0 Å². The molecule has 1 rings (SSSR count).